The highest BCUT2D eigenvalue weighted by atomic mass is 16.4. The fourth-order valence-electron chi connectivity index (χ4n) is 2.30. The number of aromatic nitrogens is 2. The van der Waals surface area contributed by atoms with E-state index in [-0.39, 0.29) is 18.2 Å². The molecule has 0 saturated carbocycles. The van der Waals surface area contributed by atoms with E-state index in [1.54, 1.807) is 18.2 Å². The zero-order valence-electron chi connectivity index (χ0n) is 12.9. The van der Waals surface area contributed by atoms with E-state index in [9.17, 15) is 9.90 Å². The number of hydrogen-bond acceptors (Lipinski definition) is 6. The van der Waals surface area contributed by atoms with Gasteiger partial charge in [0, 0.05) is 5.39 Å². The molecule has 0 spiro atoms. The molecule has 2 aromatic carbocycles. The van der Waals surface area contributed by atoms with Crippen molar-refractivity contribution in [3.05, 3.63) is 48.0 Å². The minimum Gasteiger partial charge on any atom is -0.506 e. The number of nitrogens with zero attached hydrogens (tertiary/aromatic N) is 2. The van der Waals surface area contributed by atoms with Crippen molar-refractivity contribution in [2.24, 2.45) is 0 Å². The Morgan fingerprint density at radius 1 is 1.17 bits per heavy atom. The van der Waals surface area contributed by atoms with Crippen LogP contribution < -0.4 is 10.6 Å². The number of carbonyl (C=O) groups is 1. The molecule has 4 N–H and O–H groups in total. The molecule has 3 rings (SSSR count). The molecule has 0 radical (unpaired) electrons. The fourth-order valence-corrected chi connectivity index (χ4v) is 2.30. The lowest BCUT2D eigenvalue weighted by atomic mass is 10.2. The van der Waals surface area contributed by atoms with Gasteiger partial charge in [-0.15, -0.1) is 0 Å². The number of carboxylic acid groups (broad SMARTS) is 1. The number of para-hydroxylation sites is 1. The average Bonchev–Trinajstić information content (AvgIpc) is 2.56. The number of phenolic OH excluding ortho intramolecular Hbond substituents is 1. The van der Waals surface area contributed by atoms with Crippen molar-refractivity contribution in [2.75, 3.05) is 17.2 Å². The minimum absolute atomic E-state index is 0.0809. The maximum atomic E-state index is 10.8. The van der Waals surface area contributed by atoms with Gasteiger partial charge in [-0.1, -0.05) is 18.2 Å². The summed E-state index contributed by atoms with van der Waals surface area (Å²) in [5.74, 6) is -0.221. The van der Waals surface area contributed by atoms with Crippen LogP contribution >= 0.6 is 0 Å². The van der Waals surface area contributed by atoms with Gasteiger partial charge >= 0.3 is 5.97 Å². The minimum atomic E-state index is -0.983. The molecule has 7 heteroatoms. The predicted octanol–water partition coefficient (Wildman–Crippen LogP) is 2.88. The van der Waals surface area contributed by atoms with Gasteiger partial charge in [0.15, 0.2) is 0 Å². The summed E-state index contributed by atoms with van der Waals surface area (Å²) in [5.41, 5.74) is 2.12. The Bertz CT molecular complexity index is 911. The van der Waals surface area contributed by atoms with Gasteiger partial charge in [-0.25, -0.2) is 4.98 Å². The Kier molecular flexibility index (Phi) is 4.15. The van der Waals surface area contributed by atoms with Crippen LogP contribution in [0.3, 0.4) is 0 Å². The molecule has 24 heavy (non-hydrogen) atoms. The third kappa shape index (κ3) is 3.35. The second-order valence-corrected chi connectivity index (χ2v) is 5.31. The first-order chi connectivity index (χ1) is 11.5. The molecule has 0 aliphatic carbocycles. The Balaban J connectivity index is 2.01. The smallest absolute Gasteiger partial charge is 0.322 e. The molecule has 122 valence electrons. The largest absolute Gasteiger partial charge is 0.506 e. The maximum Gasteiger partial charge on any atom is 0.322 e. The van der Waals surface area contributed by atoms with Gasteiger partial charge in [0.1, 0.15) is 18.1 Å². The molecule has 0 fully saturated rings. The standard InChI is InChI=1S/C17H16N4O3/c1-10-6-7-14(22)13(8-10)20-17-19-12-5-3-2-4-11(12)16(21-17)18-9-15(23)24/h2-8,22H,9H2,1H3,(H,23,24)(H2,18,19,20,21). The lowest BCUT2D eigenvalue weighted by molar-refractivity contribution is -0.134. The van der Waals surface area contributed by atoms with Crippen LogP contribution in [0.4, 0.5) is 17.5 Å². The highest BCUT2D eigenvalue weighted by molar-refractivity contribution is 5.91. The van der Waals surface area contributed by atoms with E-state index in [1.807, 2.05) is 31.2 Å². The molecule has 1 aromatic heterocycles. The number of aryl methyl sites for hydroxylation is 1. The molecular formula is C17H16N4O3. The molecule has 0 amide bonds. The van der Waals surface area contributed by atoms with Crippen molar-refractivity contribution in [2.45, 2.75) is 6.92 Å². The number of aromatic hydroxyl groups is 1. The lowest BCUT2D eigenvalue weighted by Crippen LogP contribution is -2.14. The molecule has 0 saturated heterocycles. The molecule has 0 aliphatic heterocycles. The van der Waals surface area contributed by atoms with E-state index in [2.05, 4.69) is 20.6 Å². The zero-order chi connectivity index (χ0) is 17.1. The lowest BCUT2D eigenvalue weighted by Gasteiger charge is -2.12. The summed E-state index contributed by atoms with van der Waals surface area (Å²) in [7, 11) is 0. The molecule has 7 nitrogen and oxygen atoms in total. The summed E-state index contributed by atoms with van der Waals surface area (Å²) in [6.45, 7) is 1.65. The van der Waals surface area contributed by atoms with Crippen LogP contribution in [0.15, 0.2) is 42.5 Å². The summed E-state index contributed by atoms with van der Waals surface area (Å²) in [5, 5.41) is 25.3. The fraction of sp³-hybridized carbons (Fsp3) is 0.118. The van der Waals surface area contributed by atoms with Gasteiger partial charge in [0.2, 0.25) is 5.95 Å². The van der Waals surface area contributed by atoms with Gasteiger partial charge in [0.05, 0.1) is 11.2 Å². The van der Waals surface area contributed by atoms with Crippen LogP contribution in [0, 0.1) is 6.92 Å². The molecular weight excluding hydrogens is 308 g/mol. The Morgan fingerprint density at radius 3 is 2.75 bits per heavy atom. The highest BCUT2D eigenvalue weighted by Gasteiger charge is 2.10. The zero-order valence-corrected chi connectivity index (χ0v) is 12.9. The van der Waals surface area contributed by atoms with Crippen LogP contribution in [0.2, 0.25) is 0 Å². The van der Waals surface area contributed by atoms with E-state index >= 15 is 0 Å². The van der Waals surface area contributed by atoms with Gasteiger partial charge in [-0.2, -0.15) is 4.98 Å². The second kappa shape index (κ2) is 6.41. The van der Waals surface area contributed by atoms with E-state index in [1.165, 1.54) is 0 Å². The number of fused-ring (bicyclic) bond motifs is 1. The summed E-state index contributed by atoms with van der Waals surface area (Å²) < 4.78 is 0. The topological polar surface area (TPSA) is 107 Å². The molecule has 0 aliphatic rings. The van der Waals surface area contributed by atoms with E-state index in [0.717, 1.165) is 10.9 Å². The van der Waals surface area contributed by atoms with Gasteiger partial charge < -0.3 is 20.8 Å². The van der Waals surface area contributed by atoms with Crippen molar-refractivity contribution in [3.63, 3.8) is 0 Å². The number of anilines is 3. The Morgan fingerprint density at radius 2 is 1.96 bits per heavy atom. The van der Waals surface area contributed by atoms with E-state index in [4.69, 9.17) is 5.11 Å². The number of carboxylic acids is 1. The summed E-state index contributed by atoms with van der Waals surface area (Å²) in [6, 6.07) is 12.4. The molecule has 0 bridgehead atoms. The number of nitrogens with one attached hydrogen (secondary N) is 2. The molecule has 0 atom stereocenters. The second-order valence-electron chi connectivity index (χ2n) is 5.31. The summed E-state index contributed by atoms with van der Waals surface area (Å²) in [4.78, 5) is 19.6. The average molecular weight is 324 g/mol. The molecule has 3 aromatic rings. The van der Waals surface area contributed by atoms with Crippen LogP contribution in [0.1, 0.15) is 5.56 Å². The third-order valence-corrected chi connectivity index (χ3v) is 3.41. The van der Waals surface area contributed by atoms with Crippen molar-refractivity contribution in [1.29, 1.82) is 0 Å². The monoisotopic (exact) mass is 324 g/mol. The number of phenols is 1. The normalized spacial score (nSPS) is 10.5. The first kappa shape index (κ1) is 15.5. The molecule has 0 unspecified atom stereocenters. The number of rotatable bonds is 5. The Labute approximate surface area is 138 Å². The summed E-state index contributed by atoms with van der Waals surface area (Å²) in [6.07, 6.45) is 0. The van der Waals surface area contributed by atoms with Crippen molar-refractivity contribution < 1.29 is 15.0 Å². The van der Waals surface area contributed by atoms with Crippen LogP contribution in [-0.4, -0.2) is 32.7 Å². The SMILES string of the molecule is Cc1ccc(O)c(Nc2nc(NCC(=O)O)c3ccccc3n2)c1. The Hall–Kier alpha value is -3.35. The quantitative estimate of drug-likeness (QED) is 0.534. The maximum absolute atomic E-state index is 10.8. The highest BCUT2D eigenvalue weighted by Crippen LogP contribution is 2.28. The van der Waals surface area contributed by atoms with Crippen molar-refractivity contribution >= 4 is 34.3 Å². The van der Waals surface area contributed by atoms with Crippen molar-refractivity contribution in [1.82, 2.24) is 9.97 Å². The van der Waals surface area contributed by atoms with E-state index < -0.39 is 5.97 Å². The van der Waals surface area contributed by atoms with Crippen LogP contribution in [-0.2, 0) is 4.79 Å². The van der Waals surface area contributed by atoms with Crippen molar-refractivity contribution in [3.8, 4) is 5.75 Å². The van der Waals surface area contributed by atoms with Crippen LogP contribution in [0.5, 0.6) is 5.75 Å². The number of benzene rings is 2. The summed E-state index contributed by atoms with van der Waals surface area (Å²) >= 11 is 0. The van der Waals surface area contributed by atoms with E-state index in [0.29, 0.717) is 17.0 Å². The first-order valence-corrected chi connectivity index (χ1v) is 7.32. The predicted molar refractivity (Wildman–Crippen MR) is 91.8 cm³/mol. The third-order valence-electron chi connectivity index (χ3n) is 3.41. The molecule has 1 heterocycles. The van der Waals surface area contributed by atoms with Gasteiger partial charge in [0.25, 0.3) is 0 Å². The van der Waals surface area contributed by atoms with Gasteiger partial charge in [-0.05, 0) is 36.8 Å². The van der Waals surface area contributed by atoms with Gasteiger partial charge in [-0.3, -0.25) is 4.79 Å². The van der Waals surface area contributed by atoms with Crippen LogP contribution in [0.25, 0.3) is 10.9 Å². The first-order valence-electron chi connectivity index (χ1n) is 7.32. The number of hydrogen-bond donors (Lipinski definition) is 4. The number of aliphatic carboxylic acids is 1.